The SMILES string of the molecule is CC(C)N1CCC(Nc2ccc(Br)c(Cl)c2Cl)C1. The quantitative estimate of drug-likeness (QED) is 0.797. The number of hydrogen-bond acceptors (Lipinski definition) is 2. The average molecular weight is 352 g/mol. The Morgan fingerprint density at radius 1 is 1.33 bits per heavy atom. The molecular formula is C13H17BrCl2N2. The summed E-state index contributed by atoms with van der Waals surface area (Å²) in [5.41, 5.74) is 0.917. The van der Waals surface area contributed by atoms with Crippen molar-refractivity contribution < 1.29 is 0 Å². The van der Waals surface area contributed by atoms with E-state index in [2.05, 4.69) is 40.0 Å². The Balaban J connectivity index is 2.05. The number of halogens is 3. The van der Waals surface area contributed by atoms with E-state index >= 15 is 0 Å². The van der Waals surface area contributed by atoms with Gasteiger partial charge < -0.3 is 5.32 Å². The lowest BCUT2D eigenvalue weighted by molar-refractivity contribution is 0.274. The van der Waals surface area contributed by atoms with E-state index in [1.165, 1.54) is 0 Å². The number of hydrogen-bond donors (Lipinski definition) is 1. The van der Waals surface area contributed by atoms with Gasteiger partial charge in [-0.25, -0.2) is 0 Å². The summed E-state index contributed by atoms with van der Waals surface area (Å²) < 4.78 is 0.829. The highest BCUT2D eigenvalue weighted by molar-refractivity contribution is 9.10. The second-order valence-electron chi connectivity index (χ2n) is 4.94. The zero-order valence-corrected chi connectivity index (χ0v) is 13.6. The van der Waals surface area contributed by atoms with E-state index in [0.29, 0.717) is 22.1 Å². The highest BCUT2D eigenvalue weighted by atomic mass is 79.9. The molecule has 0 saturated carbocycles. The first-order valence-electron chi connectivity index (χ1n) is 6.13. The molecule has 0 bridgehead atoms. The van der Waals surface area contributed by atoms with E-state index in [-0.39, 0.29) is 0 Å². The van der Waals surface area contributed by atoms with Gasteiger partial charge in [0.25, 0.3) is 0 Å². The van der Waals surface area contributed by atoms with Gasteiger partial charge in [0.05, 0.1) is 15.7 Å². The van der Waals surface area contributed by atoms with Crippen LogP contribution in [0.3, 0.4) is 0 Å². The Morgan fingerprint density at radius 3 is 2.67 bits per heavy atom. The fourth-order valence-corrected chi connectivity index (χ4v) is 3.06. The van der Waals surface area contributed by atoms with E-state index in [1.54, 1.807) is 0 Å². The summed E-state index contributed by atoms with van der Waals surface area (Å²) in [4.78, 5) is 2.46. The van der Waals surface area contributed by atoms with Crippen molar-refractivity contribution in [1.29, 1.82) is 0 Å². The topological polar surface area (TPSA) is 15.3 Å². The highest BCUT2D eigenvalue weighted by Gasteiger charge is 2.24. The van der Waals surface area contributed by atoms with Crippen LogP contribution in [0.1, 0.15) is 20.3 Å². The van der Waals surface area contributed by atoms with Gasteiger partial charge in [-0.2, -0.15) is 0 Å². The molecule has 0 aromatic heterocycles. The van der Waals surface area contributed by atoms with E-state index in [4.69, 9.17) is 23.2 Å². The molecule has 1 heterocycles. The zero-order chi connectivity index (χ0) is 13.3. The van der Waals surface area contributed by atoms with Gasteiger partial charge in [-0.3, -0.25) is 4.90 Å². The van der Waals surface area contributed by atoms with Crippen LogP contribution in [-0.2, 0) is 0 Å². The minimum absolute atomic E-state index is 0.446. The van der Waals surface area contributed by atoms with Crippen LogP contribution >= 0.6 is 39.1 Å². The van der Waals surface area contributed by atoms with Crippen LogP contribution in [0.5, 0.6) is 0 Å². The largest absolute Gasteiger partial charge is 0.380 e. The van der Waals surface area contributed by atoms with Crippen molar-refractivity contribution in [2.24, 2.45) is 0 Å². The fraction of sp³-hybridized carbons (Fsp3) is 0.538. The molecule has 2 rings (SSSR count). The summed E-state index contributed by atoms with van der Waals surface area (Å²) in [6.07, 6.45) is 1.14. The van der Waals surface area contributed by atoms with Crippen molar-refractivity contribution in [3.05, 3.63) is 26.7 Å². The Bertz CT molecular complexity index is 437. The molecule has 0 aliphatic carbocycles. The predicted octanol–water partition coefficient (Wildman–Crippen LogP) is 4.65. The third kappa shape index (κ3) is 3.13. The molecule has 1 fully saturated rings. The lowest BCUT2D eigenvalue weighted by Gasteiger charge is -2.21. The summed E-state index contributed by atoms with van der Waals surface area (Å²) in [7, 11) is 0. The van der Waals surface area contributed by atoms with Crippen LogP contribution in [0.4, 0.5) is 5.69 Å². The van der Waals surface area contributed by atoms with Crippen molar-refractivity contribution >= 4 is 44.8 Å². The predicted molar refractivity (Wildman–Crippen MR) is 82.9 cm³/mol. The lowest BCUT2D eigenvalue weighted by Crippen LogP contribution is -2.31. The van der Waals surface area contributed by atoms with Gasteiger partial charge in [0, 0.05) is 29.6 Å². The average Bonchev–Trinajstić information content (AvgIpc) is 2.79. The van der Waals surface area contributed by atoms with Crippen LogP contribution < -0.4 is 5.32 Å². The Labute approximate surface area is 127 Å². The number of benzene rings is 1. The van der Waals surface area contributed by atoms with Gasteiger partial charge in [-0.1, -0.05) is 23.2 Å². The molecule has 2 nitrogen and oxygen atoms in total. The van der Waals surface area contributed by atoms with Crippen molar-refractivity contribution in [2.75, 3.05) is 18.4 Å². The number of nitrogens with one attached hydrogen (secondary N) is 1. The second kappa shape index (κ2) is 6.00. The molecule has 1 aromatic carbocycles. The van der Waals surface area contributed by atoms with Gasteiger partial charge >= 0.3 is 0 Å². The minimum atomic E-state index is 0.446. The van der Waals surface area contributed by atoms with E-state index < -0.39 is 0 Å². The van der Waals surface area contributed by atoms with Crippen molar-refractivity contribution in [3.8, 4) is 0 Å². The van der Waals surface area contributed by atoms with Crippen molar-refractivity contribution in [1.82, 2.24) is 4.90 Å². The fourth-order valence-electron chi connectivity index (χ4n) is 2.23. The van der Waals surface area contributed by atoms with Gasteiger partial charge in [0.1, 0.15) is 0 Å². The second-order valence-corrected chi connectivity index (χ2v) is 6.55. The van der Waals surface area contributed by atoms with E-state index in [9.17, 15) is 0 Å². The van der Waals surface area contributed by atoms with E-state index in [1.807, 2.05) is 12.1 Å². The molecule has 0 radical (unpaired) electrons. The molecule has 1 aromatic rings. The van der Waals surface area contributed by atoms with Crippen molar-refractivity contribution in [3.63, 3.8) is 0 Å². The molecule has 5 heteroatoms. The molecule has 1 N–H and O–H groups in total. The standard InChI is InChI=1S/C13H17BrCl2N2/c1-8(2)18-6-5-9(7-18)17-11-4-3-10(14)12(15)13(11)16/h3-4,8-9,17H,5-7H2,1-2H3. The summed E-state index contributed by atoms with van der Waals surface area (Å²) >= 11 is 15.7. The molecule has 100 valence electrons. The molecule has 1 saturated heterocycles. The summed E-state index contributed by atoms with van der Waals surface area (Å²) in [6, 6.07) is 4.94. The Morgan fingerprint density at radius 2 is 2.06 bits per heavy atom. The number of likely N-dealkylation sites (tertiary alicyclic amines) is 1. The Kier molecular flexibility index (Phi) is 4.81. The molecule has 1 aliphatic heterocycles. The number of nitrogens with zero attached hydrogens (tertiary/aromatic N) is 1. The first-order valence-corrected chi connectivity index (χ1v) is 7.68. The van der Waals surface area contributed by atoms with Crippen LogP contribution in [0.25, 0.3) is 0 Å². The molecule has 0 spiro atoms. The summed E-state index contributed by atoms with van der Waals surface area (Å²) in [6.45, 7) is 6.65. The van der Waals surface area contributed by atoms with Crippen LogP contribution in [0, 0.1) is 0 Å². The van der Waals surface area contributed by atoms with Gasteiger partial charge in [0.15, 0.2) is 0 Å². The Hall–Kier alpha value is 0.0400. The lowest BCUT2D eigenvalue weighted by atomic mass is 10.2. The van der Waals surface area contributed by atoms with E-state index in [0.717, 1.165) is 29.7 Å². The third-order valence-electron chi connectivity index (χ3n) is 3.34. The normalized spacial score (nSPS) is 20.7. The maximum Gasteiger partial charge on any atom is 0.0835 e. The van der Waals surface area contributed by atoms with Gasteiger partial charge in [-0.05, 0) is 48.3 Å². The summed E-state index contributed by atoms with van der Waals surface area (Å²) in [5.74, 6) is 0. The minimum Gasteiger partial charge on any atom is -0.380 e. The van der Waals surface area contributed by atoms with Crippen LogP contribution in [0.15, 0.2) is 16.6 Å². The van der Waals surface area contributed by atoms with Crippen LogP contribution in [-0.4, -0.2) is 30.1 Å². The summed E-state index contributed by atoms with van der Waals surface area (Å²) in [5, 5.41) is 4.64. The monoisotopic (exact) mass is 350 g/mol. The van der Waals surface area contributed by atoms with Gasteiger partial charge in [-0.15, -0.1) is 0 Å². The zero-order valence-electron chi connectivity index (χ0n) is 10.5. The van der Waals surface area contributed by atoms with Crippen molar-refractivity contribution in [2.45, 2.75) is 32.4 Å². The first-order chi connectivity index (χ1) is 8.49. The number of rotatable bonds is 3. The molecular weight excluding hydrogens is 335 g/mol. The molecule has 18 heavy (non-hydrogen) atoms. The maximum atomic E-state index is 6.24. The smallest absolute Gasteiger partial charge is 0.0835 e. The van der Waals surface area contributed by atoms with Crippen LogP contribution in [0.2, 0.25) is 10.0 Å². The van der Waals surface area contributed by atoms with Gasteiger partial charge in [0.2, 0.25) is 0 Å². The molecule has 1 aliphatic rings. The first kappa shape index (κ1) is 14.4. The highest BCUT2D eigenvalue weighted by Crippen LogP contribution is 2.36. The molecule has 0 amide bonds. The maximum absolute atomic E-state index is 6.24. The third-order valence-corrected chi connectivity index (χ3v) is 5.12. The molecule has 1 unspecified atom stereocenters. The molecule has 1 atom stereocenters. The number of anilines is 1.